The summed E-state index contributed by atoms with van der Waals surface area (Å²) >= 11 is 3.22. The molecule has 1 aliphatic rings. The molecule has 80 valence electrons. The number of aliphatic carboxylic acids is 1. The Morgan fingerprint density at radius 2 is 2.13 bits per heavy atom. The van der Waals surface area contributed by atoms with Crippen molar-refractivity contribution >= 4 is 31.7 Å². The van der Waals surface area contributed by atoms with Crippen LogP contribution in [0, 0.1) is 0 Å². The second kappa shape index (κ2) is 3.31. The summed E-state index contributed by atoms with van der Waals surface area (Å²) in [5.41, 5.74) is 0.560. The number of carboxylic acid groups (broad SMARTS) is 1. The van der Waals surface area contributed by atoms with Crippen molar-refractivity contribution in [2.75, 3.05) is 0 Å². The molecule has 1 unspecified atom stereocenters. The lowest BCUT2D eigenvalue weighted by molar-refractivity contribution is -0.136. The van der Waals surface area contributed by atoms with Gasteiger partial charge in [-0.05, 0) is 17.7 Å². The van der Waals surface area contributed by atoms with Crippen molar-refractivity contribution in [1.82, 2.24) is 0 Å². The summed E-state index contributed by atoms with van der Waals surface area (Å²) in [5, 5.41) is 7.48. The van der Waals surface area contributed by atoms with Gasteiger partial charge in [-0.15, -0.1) is 0 Å². The number of carboxylic acids is 1. The summed E-state index contributed by atoms with van der Waals surface area (Å²) in [7, 11) is -3.70. The highest BCUT2D eigenvalue weighted by Crippen LogP contribution is 2.35. The fourth-order valence-corrected chi connectivity index (χ4v) is 4.09. The van der Waals surface area contributed by atoms with Crippen molar-refractivity contribution < 1.29 is 18.3 Å². The Labute approximate surface area is 95.0 Å². The number of carbonyl (C=O) groups is 1. The van der Waals surface area contributed by atoms with E-state index in [0.717, 1.165) is 0 Å². The molecule has 1 heterocycles. The molecule has 1 aromatic rings. The van der Waals surface area contributed by atoms with Gasteiger partial charge in [0.2, 0.25) is 0 Å². The Morgan fingerprint density at radius 1 is 1.47 bits per heavy atom. The Balaban J connectivity index is 2.68. The Hall–Kier alpha value is -0.880. The number of benzene rings is 1. The third-order valence-corrected chi connectivity index (χ3v) is 5.28. The van der Waals surface area contributed by atoms with Crippen LogP contribution in [0.15, 0.2) is 27.6 Å². The molecule has 0 saturated heterocycles. The molecule has 1 aliphatic heterocycles. The maximum Gasteiger partial charge on any atom is 0.322 e. The molecule has 0 aliphatic carbocycles. The normalized spacial score (nSPS) is 22.3. The van der Waals surface area contributed by atoms with Crippen LogP contribution in [0.25, 0.3) is 0 Å². The van der Waals surface area contributed by atoms with Gasteiger partial charge in [-0.3, -0.25) is 4.79 Å². The lowest BCUT2D eigenvalue weighted by atomic mass is 10.1. The van der Waals surface area contributed by atoms with E-state index in [9.17, 15) is 13.2 Å². The van der Waals surface area contributed by atoms with E-state index in [0.29, 0.717) is 10.0 Å². The van der Waals surface area contributed by atoms with Crippen LogP contribution in [0.1, 0.15) is 5.56 Å². The zero-order valence-electron chi connectivity index (χ0n) is 7.47. The molecule has 1 N–H and O–H groups in total. The quantitative estimate of drug-likeness (QED) is 0.844. The number of hydrogen-bond donors (Lipinski definition) is 1. The van der Waals surface area contributed by atoms with Crippen molar-refractivity contribution in [2.24, 2.45) is 0 Å². The SMILES string of the molecule is O=C(O)C1Cc2c(Br)cccc2S1(=O)=O. The van der Waals surface area contributed by atoms with E-state index in [4.69, 9.17) is 5.11 Å². The summed E-state index contributed by atoms with van der Waals surface area (Å²) in [6, 6.07) is 4.74. The first kappa shape index (κ1) is 10.6. The van der Waals surface area contributed by atoms with Crippen LogP contribution in [0.3, 0.4) is 0 Å². The topological polar surface area (TPSA) is 71.4 Å². The molecule has 0 radical (unpaired) electrons. The average molecular weight is 291 g/mol. The molecule has 0 amide bonds. The second-order valence-electron chi connectivity index (χ2n) is 3.29. The molecule has 0 saturated carbocycles. The van der Waals surface area contributed by atoms with Crippen LogP contribution in [0.5, 0.6) is 0 Å². The monoisotopic (exact) mass is 290 g/mol. The molecule has 0 bridgehead atoms. The minimum Gasteiger partial charge on any atom is -0.480 e. The zero-order chi connectivity index (χ0) is 11.2. The number of hydrogen-bond acceptors (Lipinski definition) is 3. The standard InChI is InChI=1S/C9H7BrO4S/c10-6-2-1-3-7-5(6)4-8(9(11)12)15(7,13)14/h1-3,8H,4H2,(H,11,12). The highest BCUT2D eigenvalue weighted by atomic mass is 79.9. The highest BCUT2D eigenvalue weighted by molar-refractivity contribution is 9.10. The fraction of sp³-hybridized carbons (Fsp3) is 0.222. The highest BCUT2D eigenvalue weighted by Gasteiger charge is 2.42. The van der Waals surface area contributed by atoms with Crippen molar-refractivity contribution in [3.05, 3.63) is 28.2 Å². The van der Waals surface area contributed by atoms with Crippen LogP contribution in [-0.4, -0.2) is 24.7 Å². The summed E-state index contributed by atoms with van der Waals surface area (Å²) in [5.74, 6) is -1.29. The zero-order valence-corrected chi connectivity index (χ0v) is 9.88. The van der Waals surface area contributed by atoms with Gasteiger partial charge in [0.15, 0.2) is 15.1 Å². The van der Waals surface area contributed by atoms with Gasteiger partial charge in [-0.25, -0.2) is 8.42 Å². The first-order valence-corrected chi connectivity index (χ1v) is 6.52. The van der Waals surface area contributed by atoms with Crippen LogP contribution in [0.4, 0.5) is 0 Å². The molecule has 2 rings (SSSR count). The first-order chi connectivity index (χ1) is 6.94. The molecule has 4 nitrogen and oxygen atoms in total. The molecular formula is C9H7BrO4S. The summed E-state index contributed by atoms with van der Waals surface area (Å²) in [4.78, 5) is 10.9. The number of halogens is 1. The van der Waals surface area contributed by atoms with Gasteiger partial charge in [-0.2, -0.15) is 0 Å². The van der Waals surface area contributed by atoms with E-state index < -0.39 is 21.1 Å². The van der Waals surface area contributed by atoms with E-state index in [2.05, 4.69) is 15.9 Å². The molecular weight excluding hydrogens is 284 g/mol. The number of sulfone groups is 1. The Bertz CT molecular complexity index is 535. The molecule has 1 atom stereocenters. The lowest BCUT2D eigenvalue weighted by Crippen LogP contribution is -2.26. The number of rotatable bonds is 1. The average Bonchev–Trinajstić information content (AvgIpc) is 2.40. The van der Waals surface area contributed by atoms with Crippen LogP contribution >= 0.6 is 15.9 Å². The van der Waals surface area contributed by atoms with Gasteiger partial charge in [0.05, 0.1) is 4.90 Å². The minimum atomic E-state index is -3.70. The maximum atomic E-state index is 11.8. The van der Waals surface area contributed by atoms with Crippen molar-refractivity contribution in [2.45, 2.75) is 16.6 Å². The van der Waals surface area contributed by atoms with Crippen LogP contribution in [-0.2, 0) is 21.1 Å². The van der Waals surface area contributed by atoms with Gasteiger partial charge in [0, 0.05) is 10.9 Å². The van der Waals surface area contributed by atoms with Gasteiger partial charge in [0.25, 0.3) is 0 Å². The maximum absolute atomic E-state index is 11.8. The van der Waals surface area contributed by atoms with Crippen molar-refractivity contribution in [3.63, 3.8) is 0 Å². The predicted octanol–water partition coefficient (Wildman–Crippen LogP) is 1.23. The Morgan fingerprint density at radius 3 is 2.67 bits per heavy atom. The summed E-state index contributed by atoms with van der Waals surface area (Å²) in [6.45, 7) is 0. The predicted molar refractivity (Wildman–Crippen MR) is 56.5 cm³/mol. The van der Waals surface area contributed by atoms with E-state index >= 15 is 0 Å². The fourth-order valence-electron chi connectivity index (χ4n) is 1.67. The van der Waals surface area contributed by atoms with Gasteiger partial charge < -0.3 is 5.11 Å². The molecule has 6 heteroatoms. The molecule has 0 fully saturated rings. The third-order valence-electron chi connectivity index (χ3n) is 2.42. The number of fused-ring (bicyclic) bond motifs is 1. The first-order valence-electron chi connectivity index (χ1n) is 4.18. The lowest BCUT2D eigenvalue weighted by Gasteiger charge is -2.01. The van der Waals surface area contributed by atoms with Gasteiger partial charge in [-0.1, -0.05) is 22.0 Å². The van der Waals surface area contributed by atoms with E-state index in [-0.39, 0.29) is 11.3 Å². The third kappa shape index (κ3) is 1.48. The molecule has 15 heavy (non-hydrogen) atoms. The minimum absolute atomic E-state index is 0.0361. The molecule has 0 aromatic heterocycles. The van der Waals surface area contributed by atoms with Crippen LogP contribution < -0.4 is 0 Å². The van der Waals surface area contributed by atoms with Crippen LogP contribution in [0.2, 0.25) is 0 Å². The van der Waals surface area contributed by atoms with Gasteiger partial charge >= 0.3 is 5.97 Å². The van der Waals surface area contributed by atoms with E-state index in [1.54, 1.807) is 12.1 Å². The Kier molecular flexibility index (Phi) is 2.35. The summed E-state index contributed by atoms with van der Waals surface area (Å²) < 4.78 is 24.2. The van der Waals surface area contributed by atoms with E-state index in [1.807, 2.05) is 0 Å². The van der Waals surface area contributed by atoms with Crippen molar-refractivity contribution in [1.29, 1.82) is 0 Å². The molecule has 0 spiro atoms. The smallest absolute Gasteiger partial charge is 0.322 e. The molecule has 1 aromatic carbocycles. The largest absolute Gasteiger partial charge is 0.480 e. The summed E-state index contributed by atoms with van der Waals surface area (Å²) in [6.07, 6.45) is 0.0361. The van der Waals surface area contributed by atoms with Crippen molar-refractivity contribution in [3.8, 4) is 0 Å². The second-order valence-corrected chi connectivity index (χ2v) is 6.25. The van der Waals surface area contributed by atoms with E-state index in [1.165, 1.54) is 6.07 Å². The van der Waals surface area contributed by atoms with Gasteiger partial charge in [0.1, 0.15) is 0 Å².